The highest BCUT2D eigenvalue weighted by Gasteiger charge is 2.55. The molecule has 42 heavy (non-hydrogen) atoms. The summed E-state index contributed by atoms with van der Waals surface area (Å²) in [5.74, 6) is 1.98. The fourth-order valence-electron chi connectivity index (χ4n) is 6.62. The minimum Gasteiger partial charge on any atom is -0.354 e. The van der Waals surface area contributed by atoms with Gasteiger partial charge in [0.2, 0.25) is 5.84 Å². The van der Waals surface area contributed by atoms with Crippen molar-refractivity contribution in [2.24, 2.45) is 4.99 Å². The van der Waals surface area contributed by atoms with Crippen LogP contribution in [0.4, 0.5) is 11.5 Å². The van der Waals surface area contributed by atoms with Crippen LogP contribution in [0.3, 0.4) is 0 Å². The summed E-state index contributed by atoms with van der Waals surface area (Å²) in [4.78, 5) is 32.6. The van der Waals surface area contributed by atoms with Gasteiger partial charge in [-0.25, -0.2) is 9.88 Å². The maximum atomic E-state index is 13.1. The van der Waals surface area contributed by atoms with E-state index >= 15 is 0 Å². The number of nitrogens with zero attached hydrogens (tertiary/aromatic N) is 5. The van der Waals surface area contributed by atoms with Crippen molar-refractivity contribution in [1.29, 1.82) is 0 Å². The Morgan fingerprint density at radius 2 is 1.86 bits per heavy atom. The van der Waals surface area contributed by atoms with Crippen molar-refractivity contribution >= 4 is 34.2 Å². The zero-order chi connectivity index (χ0) is 28.1. The summed E-state index contributed by atoms with van der Waals surface area (Å²) in [5.41, 5.74) is 5.47. The molecule has 2 aromatic heterocycles. The second kappa shape index (κ2) is 9.92. The first-order chi connectivity index (χ1) is 20.7. The Bertz CT molecular complexity index is 1760. The van der Waals surface area contributed by atoms with Crippen molar-refractivity contribution in [3.63, 3.8) is 0 Å². The molecule has 8 nitrogen and oxygen atoms in total. The van der Waals surface area contributed by atoms with Gasteiger partial charge in [0.25, 0.3) is 5.91 Å². The molecule has 0 bridgehead atoms. The second-order valence-corrected chi connectivity index (χ2v) is 11.6. The molecule has 8 heteroatoms. The van der Waals surface area contributed by atoms with E-state index in [0.717, 1.165) is 61.9 Å². The van der Waals surface area contributed by atoms with Gasteiger partial charge in [0.05, 0.1) is 17.1 Å². The first kappa shape index (κ1) is 24.9. The molecule has 2 N–H and O–H groups in total. The molecule has 3 aliphatic heterocycles. The fourth-order valence-corrected chi connectivity index (χ4v) is 6.62. The molecule has 2 unspecified atom stereocenters. The average molecular weight is 555 g/mol. The van der Waals surface area contributed by atoms with Crippen LogP contribution in [0.5, 0.6) is 0 Å². The van der Waals surface area contributed by atoms with Crippen LogP contribution >= 0.6 is 0 Å². The Hall–Kier alpha value is -4.82. The smallest absolute Gasteiger partial charge is 0.251 e. The lowest BCUT2D eigenvalue weighted by molar-refractivity contribution is -0.762. The molecule has 5 heterocycles. The Kier molecular flexibility index (Phi) is 5.89. The number of aromatic nitrogens is 2. The summed E-state index contributed by atoms with van der Waals surface area (Å²) in [5, 5.41) is 4.39. The predicted molar refractivity (Wildman–Crippen MR) is 164 cm³/mol. The van der Waals surface area contributed by atoms with Crippen molar-refractivity contribution in [2.45, 2.75) is 30.7 Å². The molecule has 1 saturated carbocycles. The lowest BCUT2D eigenvalue weighted by atomic mass is 9.90. The first-order valence-corrected chi connectivity index (χ1v) is 14.7. The topological polar surface area (TPSA) is 78.2 Å². The van der Waals surface area contributed by atoms with E-state index in [-0.39, 0.29) is 17.4 Å². The summed E-state index contributed by atoms with van der Waals surface area (Å²) in [6, 6.07) is 24.8. The number of amides is 1. The summed E-state index contributed by atoms with van der Waals surface area (Å²) in [7, 11) is 0. The van der Waals surface area contributed by atoms with E-state index in [4.69, 9.17) is 4.99 Å². The number of hydrogen-bond acceptors (Lipinski definition) is 6. The van der Waals surface area contributed by atoms with Crippen LogP contribution < -0.4 is 20.0 Å². The number of anilines is 2. The van der Waals surface area contributed by atoms with E-state index in [2.05, 4.69) is 67.8 Å². The standard InChI is InChI=1S/C34H31N7O/c42-33(38-27-12-18-39(22-27)31-5-1-2-16-36-31)24-6-9-28(10-7-24)40-19-13-32-37-21-30(41(32)23-40)34(14-15-34)26-8-11-29-25(20-26)4-3-17-35-29/h1-11,13,16-17,19-21,27H,12,14-15,18,22-23H2,(H,38,42)/p+1. The van der Waals surface area contributed by atoms with Crippen LogP contribution in [0, 0.1) is 0 Å². The highest BCUT2D eigenvalue weighted by molar-refractivity contribution is 5.95. The van der Waals surface area contributed by atoms with Gasteiger partial charge in [-0.05, 0) is 79.4 Å². The number of carbonyl (C=O) groups is 1. The molecule has 0 radical (unpaired) electrons. The molecule has 1 aliphatic carbocycles. The van der Waals surface area contributed by atoms with Crippen LogP contribution in [0.2, 0.25) is 0 Å². The van der Waals surface area contributed by atoms with Gasteiger partial charge in [-0.1, -0.05) is 18.2 Å². The molecule has 1 amide bonds. The second-order valence-electron chi connectivity index (χ2n) is 11.6. The van der Waals surface area contributed by atoms with Crippen LogP contribution in [0.15, 0.2) is 114 Å². The van der Waals surface area contributed by atoms with E-state index in [0.29, 0.717) is 5.56 Å². The lowest BCUT2D eigenvalue weighted by Gasteiger charge is -2.31. The minimum absolute atomic E-state index is 0.0236. The number of aliphatic imine (C=N–C) groups is 1. The van der Waals surface area contributed by atoms with E-state index in [9.17, 15) is 4.79 Å². The third-order valence-corrected chi connectivity index (χ3v) is 9.09. The Morgan fingerprint density at radius 1 is 0.976 bits per heavy atom. The van der Waals surface area contributed by atoms with Gasteiger partial charge in [0.15, 0.2) is 6.67 Å². The number of rotatable bonds is 6. The van der Waals surface area contributed by atoms with Crippen molar-refractivity contribution in [3.8, 4) is 0 Å². The molecule has 4 aromatic rings. The summed E-state index contributed by atoms with van der Waals surface area (Å²) in [6.45, 7) is 2.42. The van der Waals surface area contributed by atoms with Crippen molar-refractivity contribution in [1.82, 2.24) is 15.3 Å². The highest BCUT2D eigenvalue weighted by Crippen LogP contribution is 2.53. The summed E-state index contributed by atoms with van der Waals surface area (Å²) < 4.78 is 0. The largest absolute Gasteiger partial charge is 0.354 e. The first-order valence-electron chi connectivity index (χ1n) is 14.7. The van der Waals surface area contributed by atoms with Gasteiger partial charge in [-0.3, -0.25) is 14.7 Å². The molecule has 8 rings (SSSR count). The van der Waals surface area contributed by atoms with E-state index in [1.807, 2.05) is 60.9 Å². The number of fused-ring (bicyclic) bond motifs is 2. The quantitative estimate of drug-likeness (QED) is 0.379. The zero-order valence-corrected chi connectivity index (χ0v) is 23.3. The molecular formula is C34H32N7O+. The van der Waals surface area contributed by atoms with Gasteiger partial charge < -0.3 is 10.2 Å². The molecule has 1 saturated heterocycles. The van der Waals surface area contributed by atoms with Gasteiger partial charge in [-0.15, -0.1) is 0 Å². The normalized spacial score (nSPS) is 22.1. The molecule has 2 aromatic carbocycles. The van der Waals surface area contributed by atoms with Gasteiger partial charge in [0, 0.05) is 60.4 Å². The highest BCUT2D eigenvalue weighted by atomic mass is 16.1. The van der Waals surface area contributed by atoms with Crippen molar-refractivity contribution < 1.29 is 9.69 Å². The van der Waals surface area contributed by atoms with Crippen LogP contribution in [-0.2, 0) is 5.41 Å². The molecule has 4 aliphatic rings. The third kappa shape index (κ3) is 4.35. The number of nitrogens with one attached hydrogen (secondary N) is 2. The average Bonchev–Trinajstić information content (AvgIpc) is 3.52. The van der Waals surface area contributed by atoms with Crippen LogP contribution in [0.25, 0.3) is 10.9 Å². The van der Waals surface area contributed by atoms with E-state index < -0.39 is 0 Å². The van der Waals surface area contributed by atoms with Crippen LogP contribution in [-0.4, -0.2) is 47.5 Å². The molecule has 2 atom stereocenters. The number of benzene rings is 2. The SMILES string of the molecule is O=C(NC1CCN(c2ccccn2)C1)c1ccc(N2C=CC3=NC=C(C4(c5ccc6ncccc6c5)CC4)[NH+]3C2)cc1. The van der Waals surface area contributed by atoms with Gasteiger partial charge in [0.1, 0.15) is 11.5 Å². The molecular weight excluding hydrogens is 522 g/mol. The van der Waals surface area contributed by atoms with Crippen LogP contribution in [0.1, 0.15) is 35.2 Å². The Balaban J connectivity index is 0.942. The number of amidine groups is 1. The third-order valence-electron chi connectivity index (χ3n) is 9.09. The molecule has 208 valence electrons. The monoisotopic (exact) mass is 554 g/mol. The van der Waals surface area contributed by atoms with E-state index in [1.165, 1.54) is 21.5 Å². The number of allylic oxidation sites excluding steroid dienone is 1. The number of carbonyl (C=O) groups excluding carboxylic acids is 1. The van der Waals surface area contributed by atoms with Gasteiger partial charge >= 0.3 is 0 Å². The number of quaternary nitrogens is 1. The molecule has 0 spiro atoms. The maximum absolute atomic E-state index is 13.1. The number of hydrogen-bond donors (Lipinski definition) is 2. The van der Waals surface area contributed by atoms with Gasteiger partial charge in [-0.2, -0.15) is 4.99 Å². The summed E-state index contributed by atoms with van der Waals surface area (Å²) in [6.07, 6.45) is 13.1. The fraction of sp³-hybridized carbons (Fsp3) is 0.235. The minimum atomic E-state index is -0.0327. The predicted octanol–water partition coefficient (Wildman–Crippen LogP) is 3.80. The summed E-state index contributed by atoms with van der Waals surface area (Å²) >= 11 is 0. The Labute approximate surface area is 244 Å². The van der Waals surface area contributed by atoms with Crippen molar-refractivity contribution in [3.05, 3.63) is 120 Å². The Morgan fingerprint density at radius 3 is 2.69 bits per heavy atom. The maximum Gasteiger partial charge on any atom is 0.251 e. The van der Waals surface area contributed by atoms with E-state index in [1.54, 1.807) is 0 Å². The number of pyridine rings is 2. The zero-order valence-electron chi connectivity index (χ0n) is 23.3. The lowest BCUT2D eigenvalue weighted by Crippen LogP contribution is -3.14. The molecule has 2 fully saturated rings. The van der Waals surface area contributed by atoms with Crippen molar-refractivity contribution in [2.75, 3.05) is 29.6 Å².